The molecule has 0 atom stereocenters. The van der Waals surface area contributed by atoms with E-state index in [4.69, 9.17) is 4.98 Å². The Morgan fingerprint density at radius 3 is 1.32 bits per heavy atom. The van der Waals surface area contributed by atoms with Crippen molar-refractivity contribution in [2.75, 3.05) is 0 Å². The highest BCUT2D eigenvalue weighted by Gasteiger charge is 2.17. The first-order valence-electron chi connectivity index (χ1n) is 19.1. The van der Waals surface area contributed by atoms with Crippen LogP contribution in [0, 0.1) is 0 Å². The second-order valence-electron chi connectivity index (χ2n) is 14.4. The molecule has 3 heterocycles. The summed E-state index contributed by atoms with van der Waals surface area (Å²) in [5, 5.41) is 4.97. The molecule has 0 aliphatic rings. The Kier molecular flexibility index (Phi) is 7.49. The third-order valence-electron chi connectivity index (χ3n) is 11.1. The summed E-state index contributed by atoms with van der Waals surface area (Å²) in [6, 6.07) is 76.2. The molecule has 0 bridgehead atoms. The van der Waals surface area contributed by atoms with E-state index in [-0.39, 0.29) is 0 Å². The zero-order valence-electron chi connectivity index (χ0n) is 30.5. The molecule has 11 rings (SSSR count). The second-order valence-corrected chi connectivity index (χ2v) is 14.4. The summed E-state index contributed by atoms with van der Waals surface area (Å²) in [5.74, 6) is 0. The standard InChI is InChI=1S/C53H35N3/c1-3-14-36(15-4-1)37-16-11-17-40(32-37)48-24-13-25-49(54-48)41-18-12-21-43(33-41)56-51-27-10-8-23-45(51)47-35-39(29-31-53(47)56)38-28-30-52-46(34-38)44-22-7-9-26-50(44)55(52)42-19-5-2-6-20-42/h1-35H. The molecule has 0 saturated heterocycles. The number of rotatable bonds is 6. The predicted molar refractivity (Wildman–Crippen MR) is 235 cm³/mol. The van der Waals surface area contributed by atoms with Crippen molar-refractivity contribution in [2.45, 2.75) is 0 Å². The average Bonchev–Trinajstić information content (AvgIpc) is 3.79. The van der Waals surface area contributed by atoms with E-state index >= 15 is 0 Å². The quantitative estimate of drug-likeness (QED) is 0.168. The zero-order chi connectivity index (χ0) is 37.0. The van der Waals surface area contributed by atoms with Gasteiger partial charge in [0.25, 0.3) is 0 Å². The Bertz CT molecular complexity index is 3240. The van der Waals surface area contributed by atoms with Crippen molar-refractivity contribution < 1.29 is 0 Å². The Labute approximate surface area is 325 Å². The van der Waals surface area contributed by atoms with Gasteiger partial charge in [0.15, 0.2) is 0 Å². The summed E-state index contributed by atoms with van der Waals surface area (Å²) in [6.07, 6.45) is 0. The summed E-state index contributed by atoms with van der Waals surface area (Å²) >= 11 is 0. The van der Waals surface area contributed by atoms with E-state index in [0.29, 0.717) is 0 Å². The monoisotopic (exact) mass is 713 g/mol. The largest absolute Gasteiger partial charge is 0.309 e. The number of fused-ring (bicyclic) bond motifs is 6. The molecule has 11 aromatic rings. The highest BCUT2D eigenvalue weighted by atomic mass is 15.0. The van der Waals surface area contributed by atoms with Gasteiger partial charge in [0, 0.05) is 44.0 Å². The van der Waals surface area contributed by atoms with Crippen LogP contribution in [0.1, 0.15) is 0 Å². The second kappa shape index (κ2) is 13.1. The lowest BCUT2D eigenvalue weighted by Crippen LogP contribution is -1.95. The molecule has 3 heteroatoms. The average molecular weight is 714 g/mol. The van der Waals surface area contributed by atoms with Crippen LogP contribution < -0.4 is 0 Å². The molecule has 56 heavy (non-hydrogen) atoms. The fourth-order valence-corrected chi connectivity index (χ4v) is 8.49. The first-order chi connectivity index (χ1) is 27.8. The molecule has 0 fully saturated rings. The highest BCUT2D eigenvalue weighted by molar-refractivity contribution is 6.12. The summed E-state index contributed by atoms with van der Waals surface area (Å²) in [7, 11) is 0. The Balaban J connectivity index is 0.998. The van der Waals surface area contributed by atoms with Crippen LogP contribution in [-0.4, -0.2) is 14.1 Å². The van der Waals surface area contributed by atoms with E-state index in [1.165, 1.54) is 71.6 Å². The van der Waals surface area contributed by atoms with Crippen LogP contribution in [0.15, 0.2) is 212 Å². The molecule has 262 valence electrons. The first kappa shape index (κ1) is 32.0. The zero-order valence-corrected chi connectivity index (χ0v) is 30.5. The molecular formula is C53H35N3. The van der Waals surface area contributed by atoms with Gasteiger partial charge in [-0.15, -0.1) is 0 Å². The number of aromatic nitrogens is 3. The summed E-state index contributed by atoms with van der Waals surface area (Å²) in [4.78, 5) is 5.19. The topological polar surface area (TPSA) is 22.8 Å². The van der Waals surface area contributed by atoms with Gasteiger partial charge in [-0.1, -0.05) is 133 Å². The van der Waals surface area contributed by atoms with Crippen molar-refractivity contribution in [2.24, 2.45) is 0 Å². The molecule has 0 amide bonds. The highest BCUT2D eigenvalue weighted by Crippen LogP contribution is 2.39. The normalized spacial score (nSPS) is 11.6. The van der Waals surface area contributed by atoms with Crippen LogP contribution in [0.25, 0.3) is 99.8 Å². The fourth-order valence-electron chi connectivity index (χ4n) is 8.49. The van der Waals surface area contributed by atoms with Gasteiger partial charge in [-0.2, -0.15) is 0 Å². The van der Waals surface area contributed by atoms with Gasteiger partial charge in [-0.25, -0.2) is 4.98 Å². The van der Waals surface area contributed by atoms with Crippen molar-refractivity contribution in [3.8, 4) is 56.1 Å². The van der Waals surface area contributed by atoms with E-state index in [0.717, 1.165) is 28.2 Å². The lowest BCUT2D eigenvalue weighted by molar-refractivity contribution is 1.18. The predicted octanol–water partition coefficient (Wildman–Crippen LogP) is 13.9. The number of hydrogen-bond donors (Lipinski definition) is 0. The number of para-hydroxylation sites is 3. The molecule has 0 radical (unpaired) electrons. The SMILES string of the molecule is c1ccc(-c2cccc(-c3cccc(-c4cccc(-n5c6ccccc6c6cc(-c7ccc8c(c7)c7ccccc7n8-c7ccccc7)ccc65)c4)n3)c2)cc1. The third-order valence-corrected chi connectivity index (χ3v) is 11.1. The lowest BCUT2D eigenvalue weighted by Gasteiger charge is -2.11. The van der Waals surface area contributed by atoms with Crippen molar-refractivity contribution in [1.82, 2.24) is 14.1 Å². The summed E-state index contributed by atoms with van der Waals surface area (Å²) in [6.45, 7) is 0. The summed E-state index contributed by atoms with van der Waals surface area (Å²) in [5.41, 5.74) is 15.9. The molecule has 0 spiro atoms. The molecule has 0 unspecified atom stereocenters. The first-order valence-corrected chi connectivity index (χ1v) is 19.1. The van der Waals surface area contributed by atoms with E-state index in [1.54, 1.807) is 0 Å². The summed E-state index contributed by atoms with van der Waals surface area (Å²) < 4.78 is 4.76. The van der Waals surface area contributed by atoms with E-state index < -0.39 is 0 Å². The molecule has 0 aliphatic carbocycles. The van der Waals surface area contributed by atoms with E-state index in [2.05, 4.69) is 221 Å². The van der Waals surface area contributed by atoms with Gasteiger partial charge in [-0.3, -0.25) is 0 Å². The number of pyridine rings is 1. The Morgan fingerprint density at radius 1 is 0.250 bits per heavy atom. The minimum absolute atomic E-state index is 0.946. The van der Waals surface area contributed by atoms with Crippen LogP contribution in [0.2, 0.25) is 0 Å². The molecule has 8 aromatic carbocycles. The van der Waals surface area contributed by atoms with Crippen LogP contribution in [-0.2, 0) is 0 Å². The number of nitrogens with zero attached hydrogens (tertiary/aromatic N) is 3. The minimum Gasteiger partial charge on any atom is -0.309 e. The molecule has 0 aliphatic heterocycles. The van der Waals surface area contributed by atoms with Crippen LogP contribution in [0.4, 0.5) is 0 Å². The molecular weight excluding hydrogens is 679 g/mol. The van der Waals surface area contributed by atoms with Crippen molar-refractivity contribution in [3.63, 3.8) is 0 Å². The van der Waals surface area contributed by atoms with Crippen molar-refractivity contribution >= 4 is 43.6 Å². The van der Waals surface area contributed by atoms with Gasteiger partial charge in [0.05, 0.1) is 33.5 Å². The number of hydrogen-bond acceptors (Lipinski definition) is 1. The van der Waals surface area contributed by atoms with Gasteiger partial charge >= 0.3 is 0 Å². The maximum absolute atomic E-state index is 5.19. The van der Waals surface area contributed by atoms with E-state index in [1.807, 2.05) is 0 Å². The maximum Gasteiger partial charge on any atom is 0.0710 e. The van der Waals surface area contributed by atoms with Crippen LogP contribution in [0.5, 0.6) is 0 Å². The molecule has 0 saturated carbocycles. The third kappa shape index (κ3) is 5.32. The Hall–Kier alpha value is -7.49. The van der Waals surface area contributed by atoms with E-state index in [9.17, 15) is 0 Å². The minimum atomic E-state index is 0.946. The molecule has 0 N–H and O–H groups in total. The van der Waals surface area contributed by atoms with Crippen LogP contribution in [0.3, 0.4) is 0 Å². The smallest absolute Gasteiger partial charge is 0.0710 e. The van der Waals surface area contributed by atoms with Gasteiger partial charge in [0.1, 0.15) is 0 Å². The fraction of sp³-hybridized carbons (Fsp3) is 0. The van der Waals surface area contributed by atoms with Crippen molar-refractivity contribution in [1.29, 1.82) is 0 Å². The van der Waals surface area contributed by atoms with Crippen LogP contribution >= 0.6 is 0 Å². The molecule has 3 aromatic heterocycles. The van der Waals surface area contributed by atoms with Gasteiger partial charge in [0.2, 0.25) is 0 Å². The number of benzene rings is 8. The molecule has 3 nitrogen and oxygen atoms in total. The Morgan fingerprint density at radius 2 is 0.679 bits per heavy atom. The van der Waals surface area contributed by atoms with Gasteiger partial charge < -0.3 is 9.13 Å². The maximum atomic E-state index is 5.19. The van der Waals surface area contributed by atoms with Gasteiger partial charge in [-0.05, 0) is 101 Å². The lowest BCUT2D eigenvalue weighted by atomic mass is 10.0. The van der Waals surface area contributed by atoms with Crippen molar-refractivity contribution in [3.05, 3.63) is 212 Å².